The van der Waals surface area contributed by atoms with Crippen LogP contribution in [0.1, 0.15) is 30.8 Å². The molecule has 1 unspecified atom stereocenters. The zero-order valence-electron chi connectivity index (χ0n) is 14.5. The van der Waals surface area contributed by atoms with Crippen LogP contribution in [0.25, 0.3) is 11.3 Å². The minimum atomic E-state index is -0.487. The molecule has 0 radical (unpaired) electrons. The molecule has 1 aromatic heterocycles. The van der Waals surface area contributed by atoms with Crippen molar-refractivity contribution in [3.8, 4) is 11.3 Å². The molecule has 0 aliphatic heterocycles. The van der Waals surface area contributed by atoms with Gasteiger partial charge >= 0.3 is 0 Å². The van der Waals surface area contributed by atoms with E-state index in [1.54, 1.807) is 24.4 Å². The molecule has 1 N–H and O–H groups in total. The third kappa shape index (κ3) is 5.08. The van der Waals surface area contributed by atoms with Crippen molar-refractivity contribution in [2.45, 2.75) is 25.8 Å². The Labute approximate surface area is 166 Å². The van der Waals surface area contributed by atoms with Crippen molar-refractivity contribution in [2.75, 3.05) is 0 Å². The van der Waals surface area contributed by atoms with Gasteiger partial charge in [0.1, 0.15) is 5.82 Å². The Morgan fingerprint density at radius 1 is 1.22 bits per heavy atom. The molecular formula is C20H17Cl2FN2O2. The lowest BCUT2D eigenvalue weighted by Crippen LogP contribution is -2.26. The smallest absolute Gasteiger partial charge is 0.220 e. The molecule has 1 atom stereocenters. The zero-order valence-corrected chi connectivity index (χ0v) is 16.0. The molecule has 140 valence electrons. The molecule has 0 aliphatic carbocycles. The Morgan fingerprint density at radius 2 is 1.96 bits per heavy atom. The lowest BCUT2D eigenvalue weighted by atomic mass is 10.1. The first-order valence-corrected chi connectivity index (χ1v) is 9.13. The molecule has 2 aromatic carbocycles. The predicted octanol–water partition coefficient (Wildman–Crippen LogP) is 5.60. The fourth-order valence-electron chi connectivity index (χ4n) is 2.57. The highest BCUT2D eigenvalue weighted by Gasteiger charge is 2.13. The molecule has 7 heteroatoms. The van der Waals surface area contributed by atoms with E-state index in [4.69, 9.17) is 27.6 Å². The quantitative estimate of drug-likeness (QED) is 0.579. The van der Waals surface area contributed by atoms with E-state index in [2.05, 4.69) is 10.3 Å². The number of aromatic nitrogens is 1. The van der Waals surface area contributed by atoms with Gasteiger partial charge in [0.25, 0.3) is 0 Å². The Morgan fingerprint density at radius 3 is 2.67 bits per heavy atom. The molecule has 0 saturated heterocycles. The van der Waals surface area contributed by atoms with Crippen LogP contribution < -0.4 is 5.32 Å². The predicted molar refractivity (Wildman–Crippen MR) is 103 cm³/mol. The SMILES string of the molecule is CC(NC(=O)CCc1ncc(-c2ccc(Cl)cc2)o1)c1ccc(F)c(Cl)c1. The van der Waals surface area contributed by atoms with Crippen molar-refractivity contribution in [3.05, 3.63) is 76.0 Å². The van der Waals surface area contributed by atoms with Crippen LogP contribution in [0, 0.1) is 5.82 Å². The van der Waals surface area contributed by atoms with E-state index >= 15 is 0 Å². The standard InChI is InChI=1S/C20H17Cl2FN2O2/c1-12(14-4-7-17(23)16(22)10-14)25-19(26)8-9-20-24-11-18(27-20)13-2-5-15(21)6-3-13/h2-7,10-12H,8-9H2,1H3,(H,25,26). The molecular weight excluding hydrogens is 390 g/mol. The number of oxazole rings is 1. The topological polar surface area (TPSA) is 55.1 Å². The van der Waals surface area contributed by atoms with Gasteiger partial charge in [0.2, 0.25) is 5.91 Å². The Hall–Kier alpha value is -2.37. The molecule has 3 rings (SSSR count). The lowest BCUT2D eigenvalue weighted by Gasteiger charge is -2.14. The van der Waals surface area contributed by atoms with Crippen LogP contribution in [-0.2, 0) is 11.2 Å². The second-order valence-corrected chi connectivity index (χ2v) is 6.93. The first kappa shape index (κ1) is 19.4. The van der Waals surface area contributed by atoms with E-state index in [0.29, 0.717) is 23.1 Å². The van der Waals surface area contributed by atoms with E-state index in [9.17, 15) is 9.18 Å². The first-order valence-electron chi connectivity index (χ1n) is 8.37. The number of nitrogens with zero attached hydrogens (tertiary/aromatic N) is 1. The van der Waals surface area contributed by atoms with Crippen LogP contribution in [0.3, 0.4) is 0 Å². The highest BCUT2D eigenvalue weighted by Crippen LogP contribution is 2.23. The van der Waals surface area contributed by atoms with Gasteiger partial charge in [-0.05, 0) is 48.9 Å². The van der Waals surface area contributed by atoms with Gasteiger partial charge in [-0.2, -0.15) is 0 Å². The number of hydrogen-bond donors (Lipinski definition) is 1. The monoisotopic (exact) mass is 406 g/mol. The minimum absolute atomic E-state index is 0.0307. The summed E-state index contributed by atoms with van der Waals surface area (Å²) in [5.41, 5.74) is 1.60. The van der Waals surface area contributed by atoms with E-state index in [-0.39, 0.29) is 23.4 Å². The van der Waals surface area contributed by atoms with Crippen molar-refractivity contribution in [1.82, 2.24) is 10.3 Å². The molecule has 4 nitrogen and oxygen atoms in total. The number of amides is 1. The molecule has 1 amide bonds. The van der Waals surface area contributed by atoms with E-state index in [0.717, 1.165) is 11.1 Å². The van der Waals surface area contributed by atoms with E-state index in [1.165, 1.54) is 12.1 Å². The Bertz CT molecular complexity index is 941. The average Bonchev–Trinajstić information content (AvgIpc) is 3.12. The van der Waals surface area contributed by atoms with Crippen LogP contribution in [0.4, 0.5) is 4.39 Å². The van der Waals surface area contributed by atoms with Crippen LogP contribution in [0.2, 0.25) is 10.0 Å². The highest BCUT2D eigenvalue weighted by atomic mass is 35.5. The number of halogens is 3. The third-order valence-electron chi connectivity index (χ3n) is 4.07. The molecule has 0 saturated carbocycles. The molecule has 0 bridgehead atoms. The summed E-state index contributed by atoms with van der Waals surface area (Å²) in [6.45, 7) is 1.81. The number of carbonyl (C=O) groups excluding carboxylic acids is 1. The molecule has 3 aromatic rings. The number of carbonyl (C=O) groups is 1. The highest BCUT2D eigenvalue weighted by molar-refractivity contribution is 6.31. The number of aryl methyl sites for hydroxylation is 1. The van der Waals surface area contributed by atoms with Crippen LogP contribution in [-0.4, -0.2) is 10.9 Å². The van der Waals surface area contributed by atoms with Crippen LogP contribution in [0.5, 0.6) is 0 Å². The molecule has 27 heavy (non-hydrogen) atoms. The summed E-state index contributed by atoms with van der Waals surface area (Å²) in [5, 5.41) is 3.53. The second-order valence-electron chi connectivity index (χ2n) is 6.09. The zero-order chi connectivity index (χ0) is 19.4. The fourth-order valence-corrected chi connectivity index (χ4v) is 2.89. The number of benzene rings is 2. The van der Waals surface area contributed by atoms with Crippen molar-refractivity contribution in [3.63, 3.8) is 0 Å². The number of nitrogens with one attached hydrogen (secondary N) is 1. The number of rotatable bonds is 6. The van der Waals surface area contributed by atoms with Gasteiger partial charge in [-0.15, -0.1) is 0 Å². The summed E-state index contributed by atoms with van der Waals surface area (Å²) in [7, 11) is 0. The summed E-state index contributed by atoms with van der Waals surface area (Å²) >= 11 is 11.7. The van der Waals surface area contributed by atoms with Gasteiger partial charge in [0.15, 0.2) is 11.7 Å². The summed E-state index contributed by atoms with van der Waals surface area (Å²) in [6, 6.07) is 11.3. The summed E-state index contributed by atoms with van der Waals surface area (Å²) in [4.78, 5) is 16.4. The average molecular weight is 407 g/mol. The first-order chi connectivity index (χ1) is 12.9. The molecule has 0 spiro atoms. The summed E-state index contributed by atoms with van der Waals surface area (Å²) in [6.07, 6.45) is 2.22. The van der Waals surface area contributed by atoms with Crippen molar-refractivity contribution >= 4 is 29.1 Å². The van der Waals surface area contributed by atoms with E-state index in [1.807, 2.05) is 19.1 Å². The maximum Gasteiger partial charge on any atom is 0.220 e. The second kappa shape index (κ2) is 8.55. The number of hydrogen-bond acceptors (Lipinski definition) is 3. The molecule has 1 heterocycles. The normalized spacial score (nSPS) is 12.0. The van der Waals surface area contributed by atoms with Gasteiger partial charge in [0, 0.05) is 23.4 Å². The van der Waals surface area contributed by atoms with Gasteiger partial charge in [-0.1, -0.05) is 29.3 Å². The summed E-state index contributed by atoms with van der Waals surface area (Å²) < 4.78 is 18.9. The lowest BCUT2D eigenvalue weighted by molar-refractivity contribution is -0.121. The third-order valence-corrected chi connectivity index (χ3v) is 4.61. The van der Waals surface area contributed by atoms with E-state index < -0.39 is 5.82 Å². The molecule has 0 aliphatic rings. The summed E-state index contributed by atoms with van der Waals surface area (Å²) in [5.74, 6) is 0.456. The van der Waals surface area contributed by atoms with Gasteiger partial charge < -0.3 is 9.73 Å². The van der Waals surface area contributed by atoms with Gasteiger partial charge in [0.05, 0.1) is 17.3 Å². The van der Waals surface area contributed by atoms with Crippen molar-refractivity contribution in [2.24, 2.45) is 0 Å². The van der Waals surface area contributed by atoms with Crippen molar-refractivity contribution < 1.29 is 13.6 Å². The fraction of sp³-hybridized carbons (Fsp3) is 0.200. The van der Waals surface area contributed by atoms with Gasteiger partial charge in [-0.25, -0.2) is 9.37 Å². The van der Waals surface area contributed by atoms with Crippen LogP contribution in [0.15, 0.2) is 53.1 Å². The van der Waals surface area contributed by atoms with Crippen molar-refractivity contribution in [1.29, 1.82) is 0 Å². The Balaban J connectivity index is 1.54. The van der Waals surface area contributed by atoms with Crippen LogP contribution >= 0.6 is 23.2 Å². The maximum atomic E-state index is 13.2. The largest absolute Gasteiger partial charge is 0.441 e. The molecule has 0 fully saturated rings. The van der Waals surface area contributed by atoms with Gasteiger partial charge in [-0.3, -0.25) is 4.79 Å². The maximum absolute atomic E-state index is 13.2. The Kier molecular flexibility index (Phi) is 6.14. The minimum Gasteiger partial charge on any atom is -0.441 e.